The number of nitrogens with one attached hydrogen (secondary N) is 1. The van der Waals surface area contributed by atoms with Crippen LogP contribution in [0.5, 0.6) is 0 Å². The van der Waals surface area contributed by atoms with Crippen LogP contribution in [0.15, 0.2) is 60.7 Å². The highest BCUT2D eigenvalue weighted by Crippen LogP contribution is 2.13. The third-order valence-corrected chi connectivity index (χ3v) is 4.46. The van der Waals surface area contributed by atoms with Crippen molar-refractivity contribution >= 4 is 17.8 Å². The zero-order valence-corrected chi connectivity index (χ0v) is 15.0. The normalized spacial score (nSPS) is 14.0. The Morgan fingerprint density at radius 3 is 2.19 bits per heavy atom. The van der Waals surface area contributed by atoms with Gasteiger partial charge in [-0.2, -0.15) is 0 Å². The summed E-state index contributed by atoms with van der Waals surface area (Å²) >= 11 is 0. The number of carbonyl (C=O) groups is 3. The molecule has 27 heavy (non-hydrogen) atoms. The third-order valence-electron chi connectivity index (χ3n) is 4.46. The van der Waals surface area contributed by atoms with Gasteiger partial charge in [0.15, 0.2) is 5.78 Å². The Hall–Kier alpha value is -3.15. The number of rotatable bonds is 7. The number of hydrogen-bond donors (Lipinski definition) is 1. The zero-order chi connectivity index (χ0) is 19.1. The monoisotopic (exact) mass is 366 g/mol. The van der Waals surface area contributed by atoms with Crippen molar-refractivity contribution in [3.63, 3.8) is 0 Å². The first kappa shape index (κ1) is 18.6. The van der Waals surface area contributed by atoms with E-state index < -0.39 is 12.1 Å². The minimum atomic E-state index is -0.929. The van der Waals surface area contributed by atoms with Gasteiger partial charge in [-0.05, 0) is 12.0 Å². The molecule has 1 N–H and O–H groups in total. The minimum absolute atomic E-state index is 0.0974. The number of amides is 2. The molecule has 1 heterocycles. The van der Waals surface area contributed by atoms with Crippen LogP contribution in [0.4, 0.5) is 4.79 Å². The standard InChI is InChI=1S/C21H22N2O4/c24-19(17-10-5-2-6-11-17)14-18(20(25)23-12-7-13-23)22-21(26)27-15-16-8-3-1-4-9-16/h1-6,8-11,18H,7,12-15H2,(H,22,26)/t18-/m0/s1. The van der Waals surface area contributed by atoms with Crippen molar-refractivity contribution in [1.29, 1.82) is 0 Å². The fourth-order valence-corrected chi connectivity index (χ4v) is 2.79. The lowest BCUT2D eigenvalue weighted by molar-refractivity contribution is -0.136. The predicted molar refractivity (Wildman–Crippen MR) is 100 cm³/mol. The van der Waals surface area contributed by atoms with Gasteiger partial charge >= 0.3 is 6.09 Å². The molecule has 2 aromatic rings. The maximum absolute atomic E-state index is 12.6. The average Bonchev–Trinajstić information content (AvgIpc) is 2.66. The number of Topliss-reactive ketones (excluding diaryl/α,β-unsaturated/α-hetero) is 1. The molecule has 0 aromatic heterocycles. The third kappa shape index (κ3) is 5.17. The Labute approximate surface area is 158 Å². The van der Waals surface area contributed by atoms with Crippen LogP contribution in [0.2, 0.25) is 0 Å². The second kappa shape index (κ2) is 8.98. The summed E-state index contributed by atoms with van der Waals surface area (Å²) in [7, 11) is 0. The summed E-state index contributed by atoms with van der Waals surface area (Å²) in [5.41, 5.74) is 1.36. The summed E-state index contributed by atoms with van der Waals surface area (Å²) in [5, 5.41) is 2.56. The largest absolute Gasteiger partial charge is 0.445 e. The highest BCUT2D eigenvalue weighted by Gasteiger charge is 2.31. The van der Waals surface area contributed by atoms with Crippen LogP contribution in [0.25, 0.3) is 0 Å². The molecule has 0 aliphatic carbocycles. The summed E-state index contributed by atoms with van der Waals surface area (Å²) in [6.07, 6.45) is 0.127. The molecule has 0 radical (unpaired) electrons. The van der Waals surface area contributed by atoms with E-state index in [0.29, 0.717) is 18.7 Å². The highest BCUT2D eigenvalue weighted by molar-refractivity contribution is 6.00. The van der Waals surface area contributed by atoms with E-state index in [0.717, 1.165) is 12.0 Å². The highest BCUT2D eigenvalue weighted by atomic mass is 16.5. The molecule has 0 bridgehead atoms. The van der Waals surface area contributed by atoms with Gasteiger partial charge in [0, 0.05) is 25.1 Å². The molecule has 0 saturated carbocycles. The lowest BCUT2D eigenvalue weighted by atomic mass is 10.0. The summed E-state index contributed by atoms with van der Waals surface area (Å²) in [6.45, 7) is 1.40. The van der Waals surface area contributed by atoms with E-state index in [1.165, 1.54) is 0 Å². The topological polar surface area (TPSA) is 75.7 Å². The van der Waals surface area contributed by atoms with E-state index in [4.69, 9.17) is 4.74 Å². The Bertz CT molecular complexity index is 788. The lowest BCUT2D eigenvalue weighted by Crippen LogP contribution is -2.53. The molecule has 1 aliphatic rings. The van der Waals surface area contributed by atoms with Crippen LogP contribution in [-0.4, -0.2) is 41.8 Å². The summed E-state index contributed by atoms with van der Waals surface area (Å²) in [6, 6.07) is 17.1. The molecule has 1 atom stereocenters. The Morgan fingerprint density at radius 1 is 0.963 bits per heavy atom. The smallest absolute Gasteiger partial charge is 0.408 e. The number of nitrogens with zero attached hydrogens (tertiary/aromatic N) is 1. The van der Waals surface area contributed by atoms with Crippen molar-refractivity contribution in [1.82, 2.24) is 10.2 Å². The fourth-order valence-electron chi connectivity index (χ4n) is 2.79. The van der Waals surface area contributed by atoms with Crippen LogP contribution in [0.1, 0.15) is 28.8 Å². The molecule has 2 aromatic carbocycles. The number of carbonyl (C=O) groups excluding carboxylic acids is 3. The van der Waals surface area contributed by atoms with Gasteiger partial charge in [-0.3, -0.25) is 9.59 Å². The molecule has 140 valence electrons. The second-order valence-corrected chi connectivity index (χ2v) is 6.43. The molecule has 6 heteroatoms. The van der Waals surface area contributed by atoms with Crippen molar-refractivity contribution in [2.24, 2.45) is 0 Å². The first-order valence-electron chi connectivity index (χ1n) is 8.98. The van der Waals surface area contributed by atoms with E-state index in [9.17, 15) is 14.4 Å². The van der Waals surface area contributed by atoms with Crippen LogP contribution in [0.3, 0.4) is 0 Å². The number of benzene rings is 2. The number of likely N-dealkylation sites (tertiary alicyclic amines) is 1. The van der Waals surface area contributed by atoms with Gasteiger partial charge in [-0.15, -0.1) is 0 Å². The molecule has 6 nitrogen and oxygen atoms in total. The second-order valence-electron chi connectivity index (χ2n) is 6.43. The van der Waals surface area contributed by atoms with Crippen molar-refractivity contribution < 1.29 is 19.1 Å². The number of hydrogen-bond acceptors (Lipinski definition) is 4. The van der Waals surface area contributed by atoms with E-state index in [1.54, 1.807) is 29.2 Å². The summed E-state index contributed by atoms with van der Waals surface area (Å²) < 4.78 is 5.20. The fraction of sp³-hybridized carbons (Fsp3) is 0.286. The first-order valence-corrected chi connectivity index (χ1v) is 8.98. The lowest BCUT2D eigenvalue weighted by Gasteiger charge is -2.34. The SMILES string of the molecule is O=C(N[C@@H](CC(=O)c1ccccc1)C(=O)N1CCC1)OCc1ccccc1. The van der Waals surface area contributed by atoms with E-state index in [2.05, 4.69) is 5.32 Å². The van der Waals surface area contributed by atoms with Gasteiger partial charge < -0.3 is 15.0 Å². The summed E-state index contributed by atoms with van der Waals surface area (Å²) in [4.78, 5) is 38.9. The van der Waals surface area contributed by atoms with Gasteiger partial charge in [0.2, 0.25) is 5.91 Å². The quantitative estimate of drug-likeness (QED) is 0.765. The van der Waals surface area contributed by atoms with Gasteiger partial charge in [0.05, 0.1) is 0 Å². The van der Waals surface area contributed by atoms with Gasteiger partial charge in [-0.25, -0.2) is 4.79 Å². The van der Waals surface area contributed by atoms with Gasteiger partial charge in [0.25, 0.3) is 0 Å². The maximum Gasteiger partial charge on any atom is 0.408 e. The number of alkyl carbamates (subject to hydrolysis) is 1. The Morgan fingerprint density at radius 2 is 1.59 bits per heavy atom. The molecular formula is C21H22N2O4. The zero-order valence-electron chi connectivity index (χ0n) is 15.0. The number of ether oxygens (including phenoxy) is 1. The van der Waals surface area contributed by atoms with Crippen LogP contribution >= 0.6 is 0 Å². The molecular weight excluding hydrogens is 344 g/mol. The van der Waals surface area contributed by atoms with Crippen molar-refractivity contribution in [3.8, 4) is 0 Å². The van der Waals surface area contributed by atoms with Crippen molar-refractivity contribution in [2.45, 2.75) is 25.5 Å². The summed E-state index contributed by atoms with van der Waals surface area (Å²) in [5.74, 6) is -0.444. The molecule has 1 saturated heterocycles. The first-order chi connectivity index (χ1) is 13.1. The average molecular weight is 366 g/mol. The number of ketones is 1. The maximum atomic E-state index is 12.6. The van der Waals surface area contributed by atoms with Crippen LogP contribution in [-0.2, 0) is 16.1 Å². The molecule has 0 unspecified atom stereocenters. The minimum Gasteiger partial charge on any atom is -0.445 e. The van der Waals surface area contributed by atoms with E-state index in [1.807, 2.05) is 36.4 Å². The van der Waals surface area contributed by atoms with Crippen molar-refractivity contribution in [3.05, 3.63) is 71.8 Å². The van der Waals surface area contributed by atoms with Crippen LogP contribution in [0, 0.1) is 0 Å². The van der Waals surface area contributed by atoms with Crippen molar-refractivity contribution in [2.75, 3.05) is 13.1 Å². The Balaban J connectivity index is 1.61. The van der Waals surface area contributed by atoms with E-state index >= 15 is 0 Å². The molecule has 0 spiro atoms. The molecule has 3 rings (SSSR count). The molecule has 1 aliphatic heterocycles. The van der Waals surface area contributed by atoms with Gasteiger partial charge in [0.1, 0.15) is 12.6 Å². The van der Waals surface area contributed by atoms with Gasteiger partial charge in [-0.1, -0.05) is 60.7 Å². The Kier molecular flexibility index (Phi) is 6.20. The van der Waals surface area contributed by atoms with Crippen LogP contribution < -0.4 is 5.32 Å². The predicted octanol–water partition coefficient (Wildman–Crippen LogP) is 2.79. The molecule has 1 fully saturated rings. The molecule has 2 amide bonds. The van der Waals surface area contributed by atoms with E-state index in [-0.39, 0.29) is 24.7 Å².